The summed E-state index contributed by atoms with van der Waals surface area (Å²) in [7, 11) is 0. The number of hydrogen-bond donors (Lipinski definition) is 2. The molecule has 0 spiro atoms. The van der Waals surface area contributed by atoms with Gasteiger partial charge in [0.05, 0.1) is 32.1 Å². The van der Waals surface area contributed by atoms with E-state index in [2.05, 4.69) is 15.5 Å². The molecule has 0 aromatic carbocycles. The van der Waals surface area contributed by atoms with Crippen LogP contribution in [0, 0.1) is 0 Å². The number of hydrogen-bond acceptors (Lipinski definition) is 6. The molecule has 1 saturated heterocycles. The molecule has 2 amide bonds. The minimum atomic E-state index is -0.638. The van der Waals surface area contributed by atoms with E-state index in [4.69, 9.17) is 9.15 Å². The minimum absolute atomic E-state index is 0.118. The van der Waals surface area contributed by atoms with Crippen LogP contribution in [0.4, 0.5) is 0 Å². The zero-order valence-corrected chi connectivity index (χ0v) is 14.6. The van der Waals surface area contributed by atoms with Gasteiger partial charge in [-0.25, -0.2) is 0 Å². The Hall–Kier alpha value is -2.16. The van der Waals surface area contributed by atoms with Crippen molar-refractivity contribution in [3.05, 3.63) is 46.5 Å². The Morgan fingerprint density at radius 3 is 2.64 bits per heavy atom. The van der Waals surface area contributed by atoms with Crippen LogP contribution in [0.3, 0.4) is 0 Å². The van der Waals surface area contributed by atoms with Crippen LogP contribution in [-0.2, 0) is 20.9 Å². The first-order chi connectivity index (χ1) is 12.2. The van der Waals surface area contributed by atoms with Crippen molar-refractivity contribution in [2.24, 2.45) is 0 Å². The maximum atomic E-state index is 12.1. The lowest BCUT2D eigenvalue weighted by Crippen LogP contribution is -2.46. The summed E-state index contributed by atoms with van der Waals surface area (Å²) >= 11 is 1.53. The molecular formula is C17H21N3O4S. The van der Waals surface area contributed by atoms with Crippen LogP contribution in [-0.4, -0.2) is 49.6 Å². The van der Waals surface area contributed by atoms with Gasteiger partial charge in [0, 0.05) is 24.5 Å². The van der Waals surface area contributed by atoms with Gasteiger partial charge in [-0.3, -0.25) is 14.5 Å². The quantitative estimate of drug-likeness (QED) is 0.752. The predicted octanol–water partition coefficient (Wildman–Crippen LogP) is 1.15. The van der Waals surface area contributed by atoms with Gasteiger partial charge < -0.3 is 19.8 Å². The lowest BCUT2D eigenvalue weighted by molar-refractivity contribution is -0.139. The minimum Gasteiger partial charge on any atom is -0.468 e. The number of carbonyl (C=O) groups is 2. The zero-order chi connectivity index (χ0) is 17.5. The van der Waals surface area contributed by atoms with Crippen molar-refractivity contribution < 1.29 is 18.7 Å². The molecule has 0 radical (unpaired) electrons. The molecule has 7 nitrogen and oxygen atoms in total. The van der Waals surface area contributed by atoms with Crippen LogP contribution in [0.5, 0.6) is 0 Å². The van der Waals surface area contributed by atoms with E-state index in [0.29, 0.717) is 26.3 Å². The maximum absolute atomic E-state index is 12.1. The zero-order valence-electron chi connectivity index (χ0n) is 13.8. The molecule has 1 atom stereocenters. The van der Waals surface area contributed by atoms with Crippen molar-refractivity contribution in [2.45, 2.75) is 12.6 Å². The van der Waals surface area contributed by atoms with Crippen molar-refractivity contribution in [3.8, 4) is 0 Å². The third-order valence-electron chi connectivity index (χ3n) is 4.02. The second-order valence-corrected chi connectivity index (χ2v) is 6.68. The van der Waals surface area contributed by atoms with E-state index >= 15 is 0 Å². The van der Waals surface area contributed by atoms with Crippen LogP contribution in [0.2, 0.25) is 0 Å². The van der Waals surface area contributed by atoms with Crippen molar-refractivity contribution >= 4 is 23.2 Å². The largest absolute Gasteiger partial charge is 0.468 e. The summed E-state index contributed by atoms with van der Waals surface area (Å²) in [5, 5.41) is 7.26. The number of furan rings is 1. The SMILES string of the molecule is O=C(NCc1cccs1)C(=O)NCC(c1ccco1)N1CCOCC1. The number of rotatable bonds is 6. The maximum Gasteiger partial charge on any atom is 0.309 e. The number of ether oxygens (including phenoxy) is 1. The lowest BCUT2D eigenvalue weighted by Gasteiger charge is -2.33. The first kappa shape index (κ1) is 17.7. The average Bonchev–Trinajstić information content (AvgIpc) is 3.34. The highest BCUT2D eigenvalue weighted by Gasteiger charge is 2.26. The Bertz CT molecular complexity index is 666. The summed E-state index contributed by atoms with van der Waals surface area (Å²) in [6, 6.07) is 7.39. The molecule has 1 aliphatic rings. The molecule has 1 fully saturated rings. The number of nitrogens with zero attached hydrogens (tertiary/aromatic N) is 1. The molecule has 3 rings (SSSR count). The molecule has 1 aliphatic heterocycles. The Balaban J connectivity index is 1.52. The molecular weight excluding hydrogens is 342 g/mol. The Morgan fingerprint density at radius 1 is 1.16 bits per heavy atom. The van der Waals surface area contributed by atoms with Crippen molar-refractivity contribution in [1.29, 1.82) is 0 Å². The van der Waals surface area contributed by atoms with Gasteiger partial charge in [0.2, 0.25) is 0 Å². The summed E-state index contributed by atoms with van der Waals surface area (Å²) in [5.74, 6) is -0.504. The monoisotopic (exact) mass is 363 g/mol. The Morgan fingerprint density at radius 2 is 1.96 bits per heavy atom. The van der Waals surface area contributed by atoms with E-state index in [0.717, 1.165) is 23.7 Å². The number of amides is 2. The first-order valence-corrected chi connectivity index (χ1v) is 9.05. The molecule has 25 heavy (non-hydrogen) atoms. The standard InChI is InChI=1S/C17H21N3O4S/c21-16(18-11-13-3-2-10-25-13)17(22)19-12-14(15-4-1-7-24-15)20-5-8-23-9-6-20/h1-4,7,10,14H,5-6,8-9,11-12H2,(H,18,21)(H,19,22). The summed E-state index contributed by atoms with van der Waals surface area (Å²) in [5.41, 5.74) is 0. The average molecular weight is 363 g/mol. The normalized spacial score (nSPS) is 16.3. The van der Waals surface area contributed by atoms with Gasteiger partial charge in [-0.1, -0.05) is 6.07 Å². The molecule has 0 aliphatic carbocycles. The summed E-state index contributed by atoms with van der Waals surface area (Å²) in [6.07, 6.45) is 1.61. The van der Waals surface area contributed by atoms with Gasteiger partial charge in [0.25, 0.3) is 0 Å². The van der Waals surface area contributed by atoms with E-state index < -0.39 is 11.8 Å². The fourth-order valence-electron chi connectivity index (χ4n) is 2.71. The topological polar surface area (TPSA) is 83.8 Å². The molecule has 2 N–H and O–H groups in total. The fourth-order valence-corrected chi connectivity index (χ4v) is 3.35. The van der Waals surface area contributed by atoms with E-state index in [1.807, 2.05) is 29.6 Å². The van der Waals surface area contributed by atoms with Crippen molar-refractivity contribution in [2.75, 3.05) is 32.8 Å². The molecule has 2 aromatic heterocycles. The van der Waals surface area contributed by atoms with Crippen LogP contribution in [0.25, 0.3) is 0 Å². The summed E-state index contributed by atoms with van der Waals surface area (Å²) < 4.78 is 10.9. The fraction of sp³-hybridized carbons (Fsp3) is 0.412. The Labute approximate surface area is 149 Å². The van der Waals surface area contributed by atoms with Crippen LogP contribution < -0.4 is 10.6 Å². The van der Waals surface area contributed by atoms with E-state index in [-0.39, 0.29) is 6.04 Å². The number of carbonyl (C=O) groups excluding carboxylic acids is 2. The molecule has 134 valence electrons. The van der Waals surface area contributed by atoms with Crippen molar-refractivity contribution in [3.63, 3.8) is 0 Å². The van der Waals surface area contributed by atoms with E-state index in [9.17, 15) is 9.59 Å². The first-order valence-electron chi connectivity index (χ1n) is 8.17. The van der Waals surface area contributed by atoms with Gasteiger partial charge in [-0.05, 0) is 23.6 Å². The van der Waals surface area contributed by atoms with Crippen LogP contribution >= 0.6 is 11.3 Å². The van der Waals surface area contributed by atoms with Gasteiger partial charge in [0.15, 0.2) is 0 Å². The second-order valence-electron chi connectivity index (χ2n) is 5.65. The smallest absolute Gasteiger partial charge is 0.309 e. The van der Waals surface area contributed by atoms with E-state index in [1.54, 1.807) is 6.26 Å². The third-order valence-corrected chi connectivity index (χ3v) is 4.90. The van der Waals surface area contributed by atoms with Crippen LogP contribution in [0.15, 0.2) is 40.3 Å². The van der Waals surface area contributed by atoms with Gasteiger partial charge in [0.1, 0.15) is 5.76 Å². The highest BCUT2D eigenvalue weighted by Crippen LogP contribution is 2.21. The second kappa shape index (κ2) is 8.80. The van der Waals surface area contributed by atoms with Gasteiger partial charge in [-0.15, -0.1) is 11.3 Å². The molecule has 1 unspecified atom stereocenters. The predicted molar refractivity (Wildman–Crippen MR) is 93.0 cm³/mol. The lowest BCUT2D eigenvalue weighted by atomic mass is 10.1. The van der Waals surface area contributed by atoms with Crippen molar-refractivity contribution in [1.82, 2.24) is 15.5 Å². The number of nitrogens with one attached hydrogen (secondary N) is 2. The molecule has 0 saturated carbocycles. The highest BCUT2D eigenvalue weighted by atomic mass is 32.1. The van der Waals surface area contributed by atoms with Crippen LogP contribution in [0.1, 0.15) is 16.7 Å². The summed E-state index contributed by atoms with van der Waals surface area (Å²) in [6.45, 7) is 3.46. The van der Waals surface area contributed by atoms with Gasteiger partial charge >= 0.3 is 11.8 Å². The molecule has 2 aromatic rings. The third kappa shape index (κ3) is 4.91. The molecule has 0 bridgehead atoms. The number of morpholine rings is 1. The van der Waals surface area contributed by atoms with Gasteiger partial charge in [-0.2, -0.15) is 0 Å². The highest BCUT2D eigenvalue weighted by molar-refractivity contribution is 7.09. The number of thiophene rings is 1. The molecule has 3 heterocycles. The Kier molecular flexibility index (Phi) is 6.21. The summed E-state index contributed by atoms with van der Waals surface area (Å²) in [4.78, 5) is 27.2. The molecule has 8 heteroatoms. The van der Waals surface area contributed by atoms with E-state index in [1.165, 1.54) is 11.3 Å².